The van der Waals surface area contributed by atoms with Gasteiger partial charge in [-0.2, -0.15) is 0 Å². The summed E-state index contributed by atoms with van der Waals surface area (Å²) in [4.78, 5) is 54.4. The molecule has 17 nitrogen and oxygen atoms in total. The molecule has 1 saturated carbocycles. The van der Waals surface area contributed by atoms with Crippen LogP contribution < -0.4 is 0 Å². The van der Waals surface area contributed by atoms with E-state index in [0.717, 1.165) is 70.6 Å². The van der Waals surface area contributed by atoms with E-state index in [0.29, 0.717) is 31.5 Å². The summed E-state index contributed by atoms with van der Waals surface area (Å²) in [6.07, 6.45) is 34.2. The number of aliphatic hydroxyl groups excluding tert-OH is 4. The van der Waals surface area contributed by atoms with E-state index in [1.165, 1.54) is 38.5 Å². The molecule has 1 aliphatic carbocycles. The quantitative estimate of drug-likeness (QED) is 0.00991. The van der Waals surface area contributed by atoms with Crippen molar-refractivity contribution in [3.8, 4) is 0 Å². The first-order valence-electron chi connectivity index (χ1n) is 25.3. The number of hydrogen-bond acceptors (Lipinski definition) is 14. The van der Waals surface area contributed by atoms with Crippen molar-refractivity contribution < 1.29 is 81.6 Å². The zero-order valence-electron chi connectivity index (χ0n) is 41.4. The zero-order valence-corrected chi connectivity index (χ0v) is 43.1. The summed E-state index contributed by atoms with van der Waals surface area (Å²) in [5.74, 6) is -1.32. The molecule has 1 heterocycles. The second-order valence-electron chi connectivity index (χ2n) is 17.6. The SMILES string of the molecule is CCCCC/C=C\C/C=C\C/C=C\C/C=C\CCCCCC(=O)OC[C@H](COP(=O)(O)O[C@H]1C(O)C(O)C(O)[C@@H](OP(=O)(O)O)C1O)OC(=O)CCC/C=C\C/C=C\C/C=C\CC1OC1CCCCC. The highest BCUT2D eigenvalue weighted by Gasteiger charge is 2.54. The Bertz CT molecular complexity index is 1740. The van der Waals surface area contributed by atoms with Crippen molar-refractivity contribution >= 4 is 27.6 Å². The fourth-order valence-electron chi connectivity index (χ4n) is 7.33. The minimum atomic E-state index is -5.38. The summed E-state index contributed by atoms with van der Waals surface area (Å²) in [6, 6.07) is 0. The Morgan fingerprint density at radius 2 is 1.01 bits per heavy atom. The van der Waals surface area contributed by atoms with Crippen LogP contribution in [0, 0.1) is 0 Å². The van der Waals surface area contributed by atoms with Gasteiger partial charge in [0, 0.05) is 12.8 Å². The molecule has 0 radical (unpaired) electrons. The number of hydrogen-bond donors (Lipinski definition) is 7. The molecular weight excluding hydrogens is 946 g/mol. The van der Waals surface area contributed by atoms with Crippen LogP contribution in [0.15, 0.2) is 85.1 Å². The van der Waals surface area contributed by atoms with Crippen LogP contribution in [-0.4, -0.2) is 115 Å². The molecule has 19 heteroatoms. The largest absolute Gasteiger partial charge is 0.472 e. The fraction of sp³-hybridized carbons (Fsp3) is 0.686. The monoisotopic (exact) mass is 1030 g/mol. The number of carbonyl (C=O) groups excluding carboxylic acids is 2. The van der Waals surface area contributed by atoms with E-state index in [-0.39, 0.29) is 12.8 Å². The van der Waals surface area contributed by atoms with Gasteiger partial charge >= 0.3 is 27.6 Å². The highest BCUT2D eigenvalue weighted by molar-refractivity contribution is 7.47. The number of allylic oxidation sites excluding steroid dienone is 13. The lowest BCUT2D eigenvalue weighted by atomic mass is 9.85. The summed E-state index contributed by atoms with van der Waals surface area (Å²) in [5, 5.41) is 41.3. The van der Waals surface area contributed by atoms with Gasteiger partial charge in [0.25, 0.3) is 0 Å². The van der Waals surface area contributed by atoms with Gasteiger partial charge in [0.2, 0.25) is 0 Å². The highest BCUT2D eigenvalue weighted by Crippen LogP contribution is 2.49. The molecule has 2 aliphatic rings. The molecule has 0 amide bonds. The van der Waals surface area contributed by atoms with Gasteiger partial charge in [0.05, 0.1) is 18.8 Å². The zero-order chi connectivity index (χ0) is 51.5. The van der Waals surface area contributed by atoms with Crippen molar-refractivity contribution in [1.29, 1.82) is 0 Å². The van der Waals surface area contributed by atoms with E-state index in [9.17, 15) is 53.8 Å². The molecule has 70 heavy (non-hydrogen) atoms. The summed E-state index contributed by atoms with van der Waals surface area (Å²) >= 11 is 0. The van der Waals surface area contributed by atoms with Crippen LogP contribution in [0.3, 0.4) is 0 Å². The number of epoxide rings is 1. The molecule has 1 aliphatic heterocycles. The fourth-order valence-corrected chi connectivity index (χ4v) is 8.87. The van der Waals surface area contributed by atoms with E-state index in [2.05, 4.69) is 91.3 Å². The average molecular weight is 1030 g/mol. The van der Waals surface area contributed by atoms with Crippen LogP contribution >= 0.6 is 15.6 Å². The molecule has 0 aromatic carbocycles. The van der Waals surface area contributed by atoms with E-state index < -0.39 is 83.5 Å². The van der Waals surface area contributed by atoms with Gasteiger partial charge in [-0.25, -0.2) is 9.13 Å². The van der Waals surface area contributed by atoms with Crippen molar-refractivity contribution in [2.24, 2.45) is 0 Å². The third-order valence-corrected chi connectivity index (χ3v) is 12.9. The van der Waals surface area contributed by atoms with Gasteiger partial charge in [-0.1, -0.05) is 137 Å². The number of phosphoric ester groups is 2. The first kappa shape index (κ1) is 63.3. The Balaban J connectivity index is 1.81. The maximum atomic E-state index is 13.0. The molecule has 0 spiro atoms. The minimum absolute atomic E-state index is 0.0477. The predicted octanol–water partition coefficient (Wildman–Crippen LogP) is 9.16. The van der Waals surface area contributed by atoms with Crippen LogP contribution in [0.2, 0.25) is 0 Å². The Kier molecular flexibility index (Phi) is 34.2. The van der Waals surface area contributed by atoms with Gasteiger partial charge in [-0.15, -0.1) is 0 Å². The molecule has 0 aromatic rings. The van der Waals surface area contributed by atoms with E-state index >= 15 is 0 Å². The van der Waals surface area contributed by atoms with Crippen molar-refractivity contribution in [2.45, 2.75) is 210 Å². The maximum absolute atomic E-state index is 13.0. The number of ether oxygens (including phenoxy) is 3. The number of unbranched alkanes of at least 4 members (excludes halogenated alkanes) is 9. The first-order chi connectivity index (χ1) is 33.6. The number of esters is 2. The van der Waals surface area contributed by atoms with Crippen molar-refractivity contribution in [3.05, 3.63) is 85.1 Å². The van der Waals surface area contributed by atoms with Crippen LogP contribution in [0.1, 0.15) is 155 Å². The second-order valence-corrected chi connectivity index (χ2v) is 20.2. The van der Waals surface area contributed by atoms with Crippen LogP contribution in [0.4, 0.5) is 0 Å². The number of aliphatic hydroxyl groups is 4. The summed E-state index contributed by atoms with van der Waals surface area (Å²) in [7, 11) is -10.7. The summed E-state index contributed by atoms with van der Waals surface area (Å²) in [5.41, 5.74) is 0. The van der Waals surface area contributed by atoms with Crippen molar-refractivity contribution in [2.75, 3.05) is 13.2 Å². The van der Waals surface area contributed by atoms with E-state index in [1.807, 2.05) is 12.2 Å². The van der Waals surface area contributed by atoms with Crippen molar-refractivity contribution in [3.63, 3.8) is 0 Å². The summed E-state index contributed by atoms with van der Waals surface area (Å²) in [6.45, 7) is 2.97. The third-order valence-electron chi connectivity index (χ3n) is 11.4. The standard InChI is InChI=1S/C51H84O17P2/c1-3-5-7-8-9-10-11-12-13-14-15-16-17-18-19-23-26-29-33-37-44(52)63-39-41(40-64-70(61,62)68-51-48(56)46(54)47(55)50(49(51)57)67-69(58,59)60)65-45(53)38-34-30-27-24-21-20-22-25-28-32-36-43-42(66-43)35-31-6-4-2/h9-10,12-13,15-16,18-20,22,24,27-28,32,41-43,46-51,54-57H,3-8,11,14,17,21,23,25-26,29-31,33-40H2,1-2H3,(H,61,62)(H2,58,59,60)/b10-9-,13-12-,16-15-,19-18-,22-20-,27-24-,32-28-/t41-,42?,43?,46?,47?,48?,49?,50-,51+/m1/s1. The average Bonchev–Trinajstić information content (AvgIpc) is 4.07. The summed E-state index contributed by atoms with van der Waals surface area (Å²) < 4.78 is 55.1. The number of rotatable bonds is 40. The van der Waals surface area contributed by atoms with E-state index in [1.54, 1.807) is 0 Å². The van der Waals surface area contributed by atoms with Crippen LogP contribution in [0.25, 0.3) is 0 Å². The van der Waals surface area contributed by atoms with Crippen molar-refractivity contribution in [1.82, 2.24) is 0 Å². The smallest absolute Gasteiger partial charge is 0.462 e. The molecule has 7 N–H and O–H groups in total. The topological polar surface area (TPSA) is 269 Å². The molecular formula is C51H84O17P2. The first-order valence-corrected chi connectivity index (χ1v) is 28.3. The molecule has 0 aromatic heterocycles. The van der Waals surface area contributed by atoms with E-state index in [4.69, 9.17) is 23.3 Å². The van der Waals surface area contributed by atoms with Gasteiger partial charge in [-0.05, 0) is 89.9 Å². The molecule has 2 fully saturated rings. The third kappa shape index (κ3) is 30.9. The molecule has 400 valence electrons. The molecule has 2 rings (SSSR count). The predicted molar refractivity (Wildman–Crippen MR) is 268 cm³/mol. The molecule has 10 atom stereocenters. The highest BCUT2D eigenvalue weighted by atomic mass is 31.2. The number of carbonyl (C=O) groups is 2. The lowest BCUT2D eigenvalue weighted by molar-refractivity contribution is -0.216. The van der Waals surface area contributed by atoms with Gasteiger partial charge in [-0.3, -0.25) is 23.2 Å². The number of phosphoric acid groups is 2. The molecule has 7 unspecified atom stereocenters. The Hall–Kier alpha value is -2.86. The van der Waals surface area contributed by atoms with Gasteiger partial charge in [0.1, 0.15) is 43.2 Å². The Morgan fingerprint density at radius 1 is 0.529 bits per heavy atom. The minimum Gasteiger partial charge on any atom is -0.462 e. The lowest BCUT2D eigenvalue weighted by Gasteiger charge is -2.43. The maximum Gasteiger partial charge on any atom is 0.472 e. The van der Waals surface area contributed by atoms with Crippen LogP contribution in [0.5, 0.6) is 0 Å². The second kappa shape index (κ2) is 37.8. The lowest BCUT2D eigenvalue weighted by Crippen LogP contribution is -2.64. The Morgan fingerprint density at radius 3 is 1.57 bits per heavy atom. The molecule has 0 bridgehead atoms. The van der Waals surface area contributed by atoms with Gasteiger partial charge in [0.15, 0.2) is 6.10 Å². The normalized spacial score (nSPS) is 24.6. The van der Waals surface area contributed by atoms with Crippen LogP contribution in [-0.2, 0) is 46.5 Å². The Labute approximate surface area is 416 Å². The molecule has 1 saturated heterocycles. The van der Waals surface area contributed by atoms with Gasteiger partial charge < -0.3 is 49.3 Å².